The van der Waals surface area contributed by atoms with Gasteiger partial charge in [-0.25, -0.2) is 0 Å². The maximum Gasteiger partial charge on any atom is 0.322 e. The molecular formula is C6H11NO2. The Morgan fingerprint density at radius 1 is 2.00 bits per heavy atom. The first-order valence-corrected chi connectivity index (χ1v) is 2.71. The molecule has 0 aliphatic rings. The highest BCUT2D eigenvalue weighted by Gasteiger charge is 2.05. The van der Waals surface area contributed by atoms with Crippen molar-refractivity contribution in [2.24, 2.45) is 5.73 Å². The number of hydrogen-bond donors (Lipinski definition) is 1. The third-order valence-corrected chi connectivity index (χ3v) is 0.715. The molecule has 52 valence electrons. The Morgan fingerprint density at radius 3 is 2.89 bits per heavy atom. The van der Waals surface area contributed by atoms with E-state index in [1.165, 1.54) is 6.08 Å². The van der Waals surface area contributed by atoms with Crippen LogP contribution in [0.2, 0.25) is 0 Å². The van der Waals surface area contributed by atoms with Crippen LogP contribution in [0.15, 0.2) is 12.7 Å². The summed E-state index contributed by atoms with van der Waals surface area (Å²) < 4.78 is 4.57. The Balaban J connectivity index is 3.38. The zero-order valence-electron chi connectivity index (χ0n) is 5.46. The molecule has 0 unspecified atom stereocenters. The van der Waals surface area contributed by atoms with E-state index in [2.05, 4.69) is 11.3 Å². The largest absolute Gasteiger partial charge is 0.460 e. The number of hydrogen-bond acceptors (Lipinski definition) is 3. The van der Waals surface area contributed by atoms with E-state index in [-0.39, 0.29) is 6.61 Å². The molecule has 0 fully saturated rings. The molecule has 0 saturated carbocycles. The van der Waals surface area contributed by atoms with E-state index in [1.807, 2.05) is 0 Å². The molecular weight excluding hydrogens is 118 g/mol. The van der Waals surface area contributed by atoms with Crippen LogP contribution in [-0.2, 0) is 9.53 Å². The van der Waals surface area contributed by atoms with Crippen LogP contribution in [0, 0.1) is 0 Å². The molecule has 1 atom stereocenters. The number of nitrogens with two attached hydrogens (primary N) is 1. The molecule has 0 radical (unpaired) electrons. The van der Waals surface area contributed by atoms with E-state index in [4.69, 9.17) is 5.73 Å². The fourth-order valence-corrected chi connectivity index (χ4v) is 0.273. The Kier molecular flexibility index (Phi) is 3.71. The van der Waals surface area contributed by atoms with Crippen molar-refractivity contribution >= 4 is 5.97 Å². The van der Waals surface area contributed by atoms with E-state index in [9.17, 15) is 4.79 Å². The van der Waals surface area contributed by atoms with E-state index >= 15 is 0 Å². The van der Waals surface area contributed by atoms with Gasteiger partial charge in [-0.1, -0.05) is 12.7 Å². The molecule has 0 spiro atoms. The van der Waals surface area contributed by atoms with Crippen molar-refractivity contribution in [3.8, 4) is 0 Å². The second-order valence-corrected chi connectivity index (χ2v) is 1.71. The van der Waals surface area contributed by atoms with Gasteiger partial charge in [-0.3, -0.25) is 4.79 Å². The fraction of sp³-hybridized carbons (Fsp3) is 0.500. The quantitative estimate of drug-likeness (QED) is 0.433. The molecule has 0 bridgehead atoms. The standard InChI is InChI=1S/C6H11NO2/c1-3-4-9-6(8)5(2)7/h3,5H,1,4,7H2,2H3/t5-/m0/s1. The summed E-state index contributed by atoms with van der Waals surface area (Å²) in [4.78, 5) is 10.5. The minimum absolute atomic E-state index is 0.236. The van der Waals surface area contributed by atoms with Crippen LogP contribution < -0.4 is 5.73 Å². The maximum absolute atomic E-state index is 10.5. The van der Waals surface area contributed by atoms with Crippen molar-refractivity contribution < 1.29 is 9.53 Å². The van der Waals surface area contributed by atoms with E-state index < -0.39 is 12.0 Å². The molecule has 0 aliphatic carbocycles. The highest BCUT2D eigenvalue weighted by atomic mass is 16.5. The average molecular weight is 129 g/mol. The Labute approximate surface area is 54.5 Å². The number of esters is 1. The van der Waals surface area contributed by atoms with Crippen LogP contribution in [0.5, 0.6) is 0 Å². The summed E-state index contributed by atoms with van der Waals surface area (Å²) in [5, 5.41) is 0. The van der Waals surface area contributed by atoms with Gasteiger partial charge in [-0.2, -0.15) is 0 Å². The van der Waals surface area contributed by atoms with Crippen LogP contribution in [-0.4, -0.2) is 18.6 Å². The van der Waals surface area contributed by atoms with Gasteiger partial charge >= 0.3 is 5.97 Å². The molecule has 0 aromatic carbocycles. The van der Waals surface area contributed by atoms with Crippen molar-refractivity contribution in [1.29, 1.82) is 0 Å². The minimum atomic E-state index is -0.537. The third kappa shape index (κ3) is 3.73. The van der Waals surface area contributed by atoms with Gasteiger partial charge in [0.2, 0.25) is 0 Å². The molecule has 0 amide bonds. The van der Waals surface area contributed by atoms with Crippen LogP contribution in [0.25, 0.3) is 0 Å². The minimum Gasteiger partial charge on any atom is -0.460 e. The molecule has 0 aromatic rings. The maximum atomic E-state index is 10.5. The van der Waals surface area contributed by atoms with E-state index in [1.54, 1.807) is 6.92 Å². The Morgan fingerprint density at radius 2 is 2.56 bits per heavy atom. The van der Waals surface area contributed by atoms with Gasteiger partial charge in [0.15, 0.2) is 0 Å². The normalized spacial score (nSPS) is 12.2. The molecule has 0 saturated heterocycles. The summed E-state index contributed by atoms with van der Waals surface area (Å²) in [6.45, 7) is 5.19. The lowest BCUT2D eigenvalue weighted by atomic mass is 10.4. The summed E-state index contributed by atoms with van der Waals surface area (Å²) in [5.41, 5.74) is 5.17. The van der Waals surface area contributed by atoms with Crippen LogP contribution in [0.1, 0.15) is 6.92 Å². The van der Waals surface area contributed by atoms with E-state index in [0.717, 1.165) is 0 Å². The highest BCUT2D eigenvalue weighted by Crippen LogP contribution is 1.82. The van der Waals surface area contributed by atoms with Crippen LogP contribution in [0.4, 0.5) is 0 Å². The summed E-state index contributed by atoms with van der Waals surface area (Å²) in [6.07, 6.45) is 1.50. The van der Waals surface area contributed by atoms with Crippen molar-refractivity contribution in [1.82, 2.24) is 0 Å². The molecule has 3 nitrogen and oxygen atoms in total. The first kappa shape index (κ1) is 8.17. The highest BCUT2D eigenvalue weighted by molar-refractivity contribution is 5.74. The SMILES string of the molecule is C=CCOC(=O)[C@H](C)N. The summed E-state index contributed by atoms with van der Waals surface area (Å²) in [7, 11) is 0. The van der Waals surface area contributed by atoms with Gasteiger partial charge in [0.05, 0.1) is 0 Å². The molecule has 2 N–H and O–H groups in total. The Bertz CT molecular complexity index is 110. The first-order valence-electron chi connectivity index (χ1n) is 2.71. The van der Waals surface area contributed by atoms with Gasteiger partial charge in [-0.15, -0.1) is 0 Å². The Hall–Kier alpha value is -0.830. The molecule has 3 heteroatoms. The first-order chi connectivity index (χ1) is 4.18. The topological polar surface area (TPSA) is 52.3 Å². The lowest BCUT2D eigenvalue weighted by Gasteiger charge is -2.02. The van der Waals surface area contributed by atoms with Crippen LogP contribution in [0.3, 0.4) is 0 Å². The number of ether oxygens (including phenoxy) is 1. The monoisotopic (exact) mass is 129 g/mol. The molecule has 0 aromatic heterocycles. The number of carbonyl (C=O) groups excluding carboxylic acids is 1. The van der Waals surface area contributed by atoms with Crippen molar-refractivity contribution in [2.45, 2.75) is 13.0 Å². The van der Waals surface area contributed by atoms with E-state index in [0.29, 0.717) is 0 Å². The van der Waals surface area contributed by atoms with Gasteiger partial charge < -0.3 is 10.5 Å². The van der Waals surface area contributed by atoms with Crippen molar-refractivity contribution in [2.75, 3.05) is 6.61 Å². The van der Waals surface area contributed by atoms with Gasteiger partial charge in [0.1, 0.15) is 12.6 Å². The predicted molar refractivity (Wildman–Crippen MR) is 34.8 cm³/mol. The van der Waals surface area contributed by atoms with Crippen molar-refractivity contribution in [3.63, 3.8) is 0 Å². The predicted octanol–water partition coefficient (Wildman–Crippen LogP) is 0.0628. The zero-order chi connectivity index (χ0) is 7.28. The summed E-state index contributed by atoms with van der Waals surface area (Å²) in [6, 6.07) is -0.537. The number of carbonyl (C=O) groups is 1. The average Bonchev–Trinajstić information content (AvgIpc) is 1.82. The molecule has 0 aliphatic heterocycles. The van der Waals surface area contributed by atoms with Gasteiger partial charge in [-0.05, 0) is 6.92 Å². The van der Waals surface area contributed by atoms with Crippen molar-refractivity contribution in [3.05, 3.63) is 12.7 Å². The summed E-state index contributed by atoms with van der Waals surface area (Å²) >= 11 is 0. The lowest BCUT2D eigenvalue weighted by molar-refractivity contribution is -0.143. The lowest BCUT2D eigenvalue weighted by Crippen LogP contribution is -2.28. The molecule has 0 heterocycles. The second kappa shape index (κ2) is 4.09. The van der Waals surface area contributed by atoms with Crippen LogP contribution >= 0.6 is 0 Å². The van der Waals surface area contributed by atoms with Gasteiger partial charge in [0.25, 0.3) is 0 Å². The van der Waals surface area contributed by atoms with Gasteiger partial charge in [0, 0.05) is 0 Å². The second-order valence-electron chi connectivity index (χ2n) is 1.71. The molecule has 9 heavy (non-hydrogen) atoms. The third-order valence-electron chi connectivity index (χ3n) is 0.715. The fourth-order valence-electron chi connectivity index (χ4n) is 0.273. The number of rotatable bonds is 3. The smallest absolute Gasteiger partial charge is 0.322 e. The summed E-state index contributed by atoms with van der Waals surface area (Å²) in [5.74, 6) is -0.394. The molecule has 0 rings (SSSR count). The zero-order valence-corrected chi connectivity index (χ0v) is 5.46.